The van der Waals surface area contributed by atoms with Gasteiger partial charge in [0.15, 0.2) is 5.76 Å². The lowest BCUT2D eigenvalue weighted by atomic mass is 10.0. The summed E-state index contributed by atoms with van der Waals surface area (Å²) in [6.07, 6.45) is 3.42. The summed E-state index contributed by atoms with van der Waals surface area (Å²) in [5.41, 5.74) is 0. The van der Waals surface area contributed by atoms with E-state index in [0.717, 1.165) is 22.6 Å². The van der Waals surface area contributed by atoms with Crippen molar-refractivity contribution in [2.75, 3.05) is 13.1 Å². The number of sulfonamides is 1. The predicted molar refractivity (Wildman–Crippen MR) is 81.7 cm³/mol. The zero-order chi connectivity index (χ0) is 15.0. The van der Waals surface area contributed by atoms with Crippen molar-refractivity contribution in [3.8, 4) is 10.6 Å². The normalized spacial score (nSPS) is 18.2. The quantitative estimate of drug-likeness (QED) is 0.869. The van der Waals surface area contributed by atoms with Crippen molar-refractivity contribution >= 4 is 21.4 Å². The minimum atomic E-state index is -3.40. The summed E-state index contributed by atoms with van der Waals surface area (Å²) in [4.78, 5) is 1.99. The molecule has 7 heteroatoms. The molecule has 0 saturated carbocycles. The molecule has 0 atom stereocenters. The van der Waals surface area contributed by atoms with Gasteiger partial charge in [0.1, 0.15) is 0 Å². The van der Waals surface area contributed by atoms with Gasteiger partial charge < -0.3 is 4.52 Å². The van der Waals surface area contributed by atoms with Crippen LogP contribution in [0.5, 0.6) is 0 Å². The highest BCUT2D eigenvalue weighted by Crippen LogP contribution is 2.35. The Hall–Kier alpha value is -1.18. The van der Waals surface area contributed by atoms with Crippen molar-refractivity contribution in [3.05, 3.63) is 23.2 Å². The van der Waals surface area contributed by atoms with Crippen LogP contribution < -0.4 is 0 Å². The van der Waals surface area contributed by atoms with Crippen molar-refractivity contribution in [1.29, 1.82) is 0 Å². The fraction of sp³-hybridized carbons (Fsp3) is 0.500. The van der Waals surface area contributed by atoms with Crippen molar-refractivity contribution < 1.29 is 12.9 Å². The molecule has 1 aliphatic rings. The van der Waals surface area contributed by atoms with E-state index in [-0.39, 0.29) is 0 Å². The predicted octanol–water partition coefficient (Wildman–Crippen LogP) is 3.13. The van der Waals surface area contributed by atoms with Crippen LogP contribution in [-0.2, 0) is 10.0 Å². The molecular weight excluding hydrogens is 308 g/mol. The first kappa shape index (κ1) is 14.7. The highest BCUT2D eigenvalue weighted by molar-refractivity contribution is 7.89. The molecule has 0 aromatic carbocycles. The second-order valence-corrected chi connectivity index (χ2v) is 8.66. The van der Waals surface area contributed by atoms with Crippen LogP contribution in [0.4, 0.5) is 0 Å². The van der Waals surface area contributed by atoms with Crippen LogP contribution in [0.1, 0.15) is 24.6 Å². The molecule has 0 amide bonds. The van der Waals surface area contributed by atoms with Gasteiger partial charge in [0.25, 0.3) is 0 Å². The average Bonchev–Trinajstić information content (AvgIpc) is 3.08. The number of piperidine rings is 1. The first-order chi connectivity index (χ1) is 9.98. The summed E-state index contributed by atoms with van der Waals surface area (Å²) in [5, 5.41) is 3.67. The van der Waals surface area contributed by atoms with E-state index in [1.54, 1.807) is 22.6 Å². The van der Waals surface area contributed by atoms with E-state index in [1.165, 1.54) is 11.3 Å². The average molecular weight is 326 g/mol. The van der Waals surface area contributed by atoms with E-state index in [4.69, 9.17) is 4.52 Å². The molecule has 0 N–H and O–H groups in total. The van der Waals surface area contributed by atoms with Gasteiger partial charge in [-0.25, -0.2) is 8.42 Å². The Bertz CT molecular complexity index is 711. The van der Waals surface area contributed by atoms with Gasteiger partial charge in [-0.1, -0.05) is 12.1 Å². The molecule has 1 saturated heterocycles. The number of thiophene rings is 1. The zero-order valence-corrected chi connectivity index (χ0v) is 13.7. The van der Waals surface area contributed by atoms with Gasteiger partial charge in [-0.2, -0.15) is 4.31 Å². The van der Waals surface area contributed by atoms with Gasteiger partial charge in [0.2, 0.25) is 10.0 Å². The van der Waals surface area contributed by atoms with Crippen LogP contribution >= 0.6 is 11.3 Å². The number of nitrogens with zero attached hydrogens (tertiary/aromatic N) is 2. The number of aryl methyl sites for hydroxylation is 1. The Kier molecular flexibility index (Phi) is 3.90. The van der Waals surface area contributed by atoms with E-state index in [0.29, 0.717) is 29.7 Å². The molecule has 1 fully saturated rings. The third-order valence-electron chi connectivity index (χ3n) is 3.91. The standard InChI is InChI=1S/C14H18N2O3S2/c1-10-4-7-16(8-5-10)21(17,18)14-9-13(20-11(14)2)12-3-6-15-19-12/h3,6,9-10H,4-5,7-8H2,1-2H3. The zero-order valence-electron chi connectivity index (χ0n) is 12.1. The molecule has 2 aromatic heterocycles. The summed E-state index contributed by atoms with van der Waals surface area (Å²) in [5.74, 6) is 1.21. The van der Waals surface area contributed by atoms with Crippen molar-refractivity contribution in [2.45, 2.75) is 31.6 Å². The number of rotatable bonds is 3. The van der Waals surface area contributed by atoms with Crippen LogP contribution in [0.2, 0.25) is 0 Å². The molecule has 1 aliphatic heterocycles. The topological polar surface area (TPSA) is 63.4 Å². The second-order valence-electron chi connectivity index (χ2n) is 5.49. The number of aromatic nitrogens is 1. The van der Waals surface area contributed by atoms with E-state index in [9.17, 15) is 8.42 Å². The molecule has 0 bridgehead atoms. The largest absolute Gasteiger partial charge is 0.355 e. The van der Waals surface area contributed by atoms with Crippen molar-refractivity contribution in [2.24, 2.45) is 5.92 Å². The molecule has 0 spiro atoms. The number of hydrogen-bond acceptors (Lipinski definition) is 5. The maximum absolute atomic E-state index is 12.8. The first-order valence-corrected chi connectivity index (χ1v) is 9.26. The van der Waals surface area contributed by atoms with E-state index in [2.05, 4.69) is 12.1 Å². The van der Waals surface area contributed by atoms with Gasteiger partial charge in [0, 0.05) is 24.0 Å². The maximum Gasteiger partial charge on any atom is 0.244 e. The molecule has 3 heterocycles. The van der Waals surface area contributed by atoms with Gasteiger partial charge in [-0.3, -0.25) is 0 Å². The summed E-state index contributed by atoms with van der Waals surface area (Å²) in [7, 11) is -3.40. The van der Waals surface area contributed by atoms with Crippen LogP contribution in [-0.4, -0.2) is 31.0 Å². The third-order valence-corrected chi connectivity index (χ3v) is 7.13. The summed E-state index contributed by atoms with van der Waals surface area (Å²) in [6, 6.07) is 3.44. The molecule has 0 aliphatic carbocycles. The van der Waals surface area contributed by atoms with Gasteiger partial charge in [-0.05, 0) is 31.7 Å². The minimum absolute atomic E-state index is 0.397. The molecule has 3 rings (SSSR count). The van der Waals surface area contributed by atoms with Crippen LogP contribution in [0, 0.1) is 12.8 Å². The summed E-state index contributed by atoms with van der Waals surface area (Å²) >= 11 is 1.42. The maximum atomic E-state index is 12.8. The monoisotopic (exact) mass is 326 g/mol. The SMILES string of the molecule is Cc1sc(-c2ccno2)cc1S(=O)(=O)N1CCC(C)CC1. The fourth-order valence-electron chi connectivity index (χ4n) is 2.55. The molecule has 21 heavy (non-hydrogen) atoms. The van der Waals surface area contributed by atoms with Crippen molar-refractivity contribution in [3.63, 3.8) is 0 Å². The van der Waals surface area contributed by atoms with E-state index >= 15 is 0 Å². The van der Waals surface area contributed by atoms with E-state index in [1.807, 2.05) is 6.92 Å². The second kappa shape index (κ2) is 5.55. The Labute approximate surface area is 128 Å². The Morgan fingerprint density at radius 1 is 1.38 bits per heavy atom. The minimum Gasteiger partial charge on any atom is -0.355 e. The first-order valence-electron chi connectivity index (χ1n) is 7.00. The van der Waals surface area contributed by atoms with Crippen LogP contribution in [0.15, 0.2) is 27.7 Å². The fourth-order valence-corrected chi connectivity index (χ4v) is 5.54. The molecular formula is C14H18N2O3S2. The van der Waals surface area contributed by atoms with Crippen LogP contribution in [0.25, 0.3) is 10.6 Å². The summed E-state index contributed by atoms with van der Waals surface area (Å²) < 4.78 is 32.3. The third kappa shape index (κ3) is 2.77. The Morgan fingerprint density at radius 2 is 2.10 bits per heavy atom. The molecule has 114 valence electrons. The lowest BCUT2D eigenvalue weighted by molar-refractivity contribution is 0.288. The van der Waals surface area contributed by atoms with E-state index < -0.39 is 10.0 Å². The smallest absolute Gasteiger partial charge is 0.244 e. The molecule has 0 radical (unpaired) electrons. The molecule has 0 unspecified atom stereocenters. The Balaban J connectivity index is 1.92. The molecule has 2 aromatic rings. The Morgan fingerprint density at radius 3 is 2.71 bits per heavy atom. The highest BCUT2D eigenvalue weighted by Gasteiger charge is 2.30. The summed E-state index contributed by atoms with van der Waals surface area (Å²) in [6.45, 7) is 5.22. The molecule has 5 nitrogen and oxygen atoms in total. The van der Waals surface area contributed by atoms with Gasteiger partial charge in [-0.15, -0.1) is 11.3 Å². The highest BCUT2D eigenvalue weighted by atomic mass is 32.2. The number of hydrogen-bond donors (Lipinski definition) is 0. The lowest BCUT2D eigenvalue weighted by Gasteiger charge is -2.29. The lowest BCUT2D eigenvalue weighted by Crippen LogP contribution is -2.37. The van der Waals surface area contributed by atoms with Crippen LogP contribution in [0.3, 0.4) is 0 Å². The van der Waals surface area contributed by atoms with Gasteiger partial charge in [0.05, 0.1) is 16.0 Å². The van der Waals surface area contributed by atoms with Crippen molar-refractivity contribution in [1.82, 2.24) is 9.46 Å². The van der Waals surface area contributed by atoms with Gasteiger partial charge >= 0.3 is 0 Å².